The molecule has 1 atom stereocenters. The molecule has 2 aromatic carbocycles. The van der Waals surface area contributed by atoms with Gasteiger partial charge in [-0.05, 0) is 34.5 Å². The molecule has 2 N–H and O–H groups in total. The lowest BCUT2D eigenvalue weighted by Gasteiger charge is -2.12. The summed E-state index contributed by atoms with van der Waals surface area (Å²) in [7, 11) is -1.44. The molecule has 0 saturated heterocycles. The minimum Gasteiger partial charge on any atom is -0.423 e. The minimum atomic E-state index is -1.44. The summed E-state index contributed by atoms with van der Waals surface area (Å²) in [6, 6.07) is 15.8. The first-order chi connectivity index (χ1) is 10.1. The van der Waals surface area contributed by atoms with E-state index in [1.807, 2.05) is 18.2 Å². The average Bonchev–Trinajstić information content (AvgIpc) is 2.48. The molecule has 110 valence electrons. The Morgan fingerprint density at radius 1 is 1.00 bits per heavy atom. The van der Waals surface area contributed by atoms with Crippen molar-refractivity contribution >= 4 is 12.6 Å². The molecule has 3 heteroatoms. The van der Waals surface area contributed by atoms with Crippen molar-refractivity contribution in [2.24, 2.45) is 5.92 Å². The van der Waals surface area contributed by atoms with Gasteiger partial charge >= 0.3 is 7.12 Å². The normalized spacial score (nSPS) is 12.2. The molecule has 2 aromatic rings. The molecule has 2 rings (SSSR count). The highest BCUT2D eigenvalue weighted by Gasteiger charge is 2.16. The largest absolute Gasteiger partial charge is 0.489 e. The zero-order valence-electron chi connectivity index (χ0n) is 12.8. The van der Waals surface area contributed by atoms with Crippen LogP contribution < -0.4 is 5.46 Å². The fourth-order valence-electron chi connectivity index (χ4n) is 2.80. The Bertz CT molecular complexity index is 564. The molecule has 0 saturated carbocycles. The van der Waals surface area contributed by atoms with Crippen LogP contribution in [0.5, 0.6) is 0 Å². The molecular formula is C18H23BO2. The van der Waals surface area contributed by atoms with E-state index in [0.29, 0.717) is 11.4 Å². The van der Waals surface area contributed by atoms with Crippen LogP contribution in [0.2, 0.25) is 0 Å². The van der Waals surface area contributed by atoms with E-state index in [-0.39, 0.29) is 0 Å². The Morgan fingerprint density at radius 3 is 2.29 bits per heavy atom. The maximum Gasteiger partial charge on any atom is 0.489 e. The van der Waals surface area contributed by atoms with E-state index in [9.17, 15) is 10.0 Å². The predicted octanol–water partition coefficient (Wildman–Crippen LogP) is 3.01. The average molecular weight is 282 g/mol. The zero-order chi connectivity index (χ0) is 15.2. The van der Waals surface area contributed by atoms with Crippen molar-refractivity contribution in [2.45, 2.75) is 33.1 Å². The van der Waals surface area contributed by atoms with Gasteiger partial charge in [-0.2, -0.15) is 0 Å². The van der Waals surface area contributed by atoms with E-state index in [4.69, 9.17) is 0 Å². The molecular weight excluding hydrogens is 259 g/mol. The predicted molar refractivity (Wildman–Crippen MR) is 89.5 cm³/mol. The first-order valence-corrected chi connectivity index (χ1v) is 7.66. The maximum absolute atomic E-state index is 9.45. The second-order valence-corrected chi connectivity index (χ2v) is 5.76. The van der Waals surface area contributed by atoms with E-state index < -0.39 is 7.12 Å². The van der Waals surface area contributed by atoms with Crippen LogP contribution in [0.1, 0.15) is 32.3 Å². The Hall–Kier alpha value is -1.58. The molecule has 21 heavy (non-hydrogen) atoms. The van der Waals surface area contributed by atoms with Gasteiger partial charge in [0.25, 0.3) is 0 Å². The monoisotopic (exact) mass is 282 g/mol. The molecule has 0 aliphatic carbocycles. The first-order valence-electron chi connectivity index (χ1n) is 7.66. The molecule has 0 aromatic heterocycles. The minimum absolute atomic E-state index is 0.546. The van der Waals surface area contributed by atoms with Crippen molar-refractivity contribution < 1.29 is 10.0 Å². The van der Waals surface area contributed by atoms with E-state index in [2.05, 4.69) is 38.1 Å². The third-order valence-electron chi connectivity index (χ3n) is 3.87. The molecule has 0 aliphatic rings. The summed E-state index contributed by atoms with van der Waals surface area (Å²) < 4.78 is 0. The Kier molecular flexibility index (Phi) is 5.60. The number of hydrogen-bond donors (Lipinski definition) is 2. The zero-order valence-corrected chi connectivity index (χ0v) is 12.8. The fraction of sp³-hybridized carbons (Fsp3) is 0.333. The molecule has 0 radical (unpaired) electrons. The van der Waals surface area contributed by atoms with Gasteiger partial charge < -0.3 is 10.0 Å². The fourth-order valence-corrected chi connectivity index (χ4v) is 2.80. The van der Waals surface area contributed by atoms with Crippen LogP contribution in [0.15, 0.2) is 48.5 Å². The first kappa shape index (κ1) is 15.8. The van der Waals surface area contributed by atoms with Crippen molar-refractivity contribution in [3.63, 3.8) is 0 Å². The summed E-state index contributed by atoms with van der Waals surface area (Å²) in [6.07, 6.45) is 3.57. The van der Waals surface area contributed by atoms with Gasteiger partial charge in [-0.25, -0.2) is 0 Å². The van der Waals surface area contributed by atoms with Crippen molar-refractivity contribution in [1.29, 1.82) is 0 Å². The number of rotatable bonds is 6. The Morgan fingerprint density at radius 2 is 1.67 bits per heavy atom. The van der Waals surface area contributed by atoms with Gasteiger partial charge in [0, 0.05) is 0 Å². The second-order valence-electron chi connectivity index (χ2n) is 5.76. The molecule has 0 amide bonds. The summed E-state index contributed by atoms with van der Waals surface area (Å²) in [5.74, 6) is 0.701. The van der Waals surface area contributed by atoms with Gasteiger partial charge in [-0.1, -0.05) is 75.2 Å². The van der Waals surface area contributed by atoms with Crippen molar-refractivity contribution in [3.05, 3.63) is 54.1 Å². The molecule has 0 spiro atoms. The quantitative estimate of drug-likeness (QED) is 0.800. The third kappa shape index (κ3) is 4.19. The molecule has 2 nitrogen and oxygen atoms in total. The van der Waals surface area contributed by atoms with Gasteiger partial charge in [-0.3, -0.25) is 0 Å². The lowest BCUT2D eigenvalue weighted by atomic mass is 9.75. The molecule has 0 fully saturated rings. The molecule has 0 aliphatic heterocycles. The van der Waals surface area contributed by atoms with E-state index >= 15 is 0 Å². The summed E-state index contributed by atoms with van der Waals surface area (Å²) in [5, 5.41) is 18.9. The highest BCUT2D eigenvalue weighted by Crippen LogP contribution is 2.20. The lowest BCUT2D eigenvalue weighted by Crippen LogP contribution is -2.31. The van der Waals surface area contributed by atoms with Crippen LogP contribution in [0, 0.1) is 5.92 Å². The van der Waals surface area contributed by atoms with Gasteiger partial charge in [0.05, 0.1) is 0 Å². The highest BCUT2D eigenvalue weighted by molar-refractivity contribution is 6.60. The Labute approximate surface area is 127 Å². The van der Waals surface area contributed by atoms with Crippen LogP contribution in [0.25, 0.3) is 11.1 Å². The number of benzene rings is 2. The maximum atomic E-state index is 9.45. The van der Waals surface area contributed by atoms with E-state index in [1.54, 1.807) is 6.07 Å². The van der Waals surface area contributed by atoms with Gasteiger partial charge in [0.1, 0.15) is 0 Å². The van der Waals surface area contributed by atoms with E-state index in [0.717, 1.165) is 17.5 Å². The summed E-state index contributed by atoms with van der Waals surface area (Å²) >= 11 is 0. The smallest absolute Gasteiger partial charge is 0.423 e. The highest BCUT2D eigenvalue weighted by atomic mass is 16.4. The van der Waals surface area contributed by atoms with E-state index in [1.165, 1.54) is 18.4 Å². The van der Waals surface area contributed by atoms with Crippen molar-refractivity contribution in [1.82, 2.24) is 0 Å². The van der Waals surface area contributed by atoms with Crippen molar-refractivity contribution in [3.8, 4) is 11.1 Å². The summed E-state index contributed by atoms with van der Waals surface area (Å²) in [5.41, 5.74) is 3.78. The standard InChI is InChI=1S/C18H23BO2/c1-3-6-14(2)13-15-9-11-16(12-10-15)17-7-4-5-8-18(17)19(20)21/h4-5,7-12,14,20-21H,3,6,13H2,1-2H3/t14-/m1/s1. The third-order valence-corrected chi connectivity index (χ3v) is 3.87. The second kappa shape index (κ2) is 7.44. The van der Waals surface area contributed by atoms with Gasteiger partial charge in [0.2, 0.25) is 0 Å². The van der Waals surface area contributed by atoms with Gasteiger partial charge in [0.15, 0.2) is 0 Å². The molecule has 0 bridgehead atoms. The van der Waals surface area contributed by atoms with Crippen LogP contribution in [-0.4, -0.2) is 17.2 Å². The van der Waals surface area contributed by atoms with Crippen molar-refractivity contribution in [2.75, 3.05) is 0 Å². The topological polar surface area (TPSA) is 40.5 Å². The number of hydrogen-bond acceptors (Lipinski definition) is 2. The summed E-state index contributed by atoms with van der Waals surface area (Å²) in [6.45, 7) is 4.51. The molecule has 0 heterocycles. The lowest BCUT2D eigenvalue weighted by molar-refractivity contribution is 0.426. The SMILES string of the molecule is CCC[C@@H](C)Cc1ccc(-c2ccccc2B(O)O)cc1. The Balaban J connectivity index is 2.19. The van der Waals surface area contributed by atoms with Crippen LogP contribution in [0.3, 0.4) is 0 Å². The van der Waals surface area contributed by atoms with Crippen LogP contribution >= 0.6 is 0 Å². The van der Waals surface area contributed by atoms with Gasteiger partial charge in [-0.15, -0.1) is 0 Å². The summed E-state index contributed by atoms with van der Waals surface area (Å²) in [4.78, 5) is 0. The van der Waals surface area contributed by atoms with Crippen LogP contribution in [0.4, 0.5) is 0 Å². The molecule has 0 unspecified atom stereocenters. The van der Waals surface area contributed by atoms with Crippen LogP contribution in [-0.2, 0) is 6.42 Å².